The molecular formula is C23H27ClFN5O3S. The number of ether oxygens (including phenoxy) is 2. The van der Waals surface area contributed by atoms with Crippen molar-refractivity contribution >= 4 is 40.8 Å². The summed E-state index contributed by atoms with van der Waals surface area (Å²) in [4.78, 5) is 27.7. The summed E-state index contributed by atoms with van der Waals surface area (Å²) >= 11 is 7.56. The summed E-state index contributed by atoms with van der Waals surface area (Å²) in [5.41, 5.74) is 0.618. The second-order valence-electron chi connectivity index (χ2n) is 8.53. The van der Waals surface area contributed by atoms with E-state index in [0.717, 1.165) is 5.82 Å². The summed E-state index contributed by atoms with van der Waals surface area (Å²) < 4.78 is 25.6. The Morgan fingerprint density at radius 1 is 1.03 bits per heavy atom. The number of halogens is 2. The van der Waals surface area contributed by atoms with Gasteiger partial charge in [-0.2, -0.15) is 0 Å². The van der Waals surface area contributed by atoms with Gasteiger partial charge in [0.05, 0.1) is 24.7 Å². The summed E-state index contributed by atoms with van der Waals surface area (Å²) in [5, 5.41) is 0.815. The summed E-state index contributed by atoms with van der Waals surface area (Å²) in [6.07, 6.45) is 1.39. The van der Waals surface area contributed by atoms with Gasteiger partial charge >= 0.3 is 0 Å². The average Bonchev–Trinajstić information content (AvgIpc) is 3.31. The summed E-state index contributed by atoms with van der Waals surface area (Å²) in [5.74, 6) is 0.303. The van der Waals surface area contributed by atoms with E-state index in [1.165, 1.54) is 17.8 Å². The molecule has 0 unspecified atom stereocenters. The van der Waals surface area contributed by atoms with Crippen LogP contribution in [0.1, 0.15) is 12.8 Å². The summed E-state index contributed by atoms with van der Waals surface area (Å²) in [6, 6.07) is 8.56. The monoisotopic (exact) mass is 507 g/mol. The molecule has 5 rings (SSSR count). The van der Waals surface area contributed by atoms with Crippen molar-refractivity contribution in [3.8, 4) is 0 Å². The standard InChI is InChI=1S/C23H27ClFN5O3S/c24-19-15-20(29-11-9-28(10-12-29)18-4-2-1-3-17(18)25)27-22(26-19)34-16-21(31)30-7-5-23(6-8-30)32-13-14-33-23/h1-4,15H,5-14,16H2. The van der Waals surface area contributed by atoms with E-state index in [1.54, 1.807) is 18.2 Å². The molecule has 182 valence electrons. The van der Waals surface area contributed by atoms with Gasteiger partial charge in [0.1, 0.15) is 16.8 Å². The lowest BCUT2D eigenvalue weighted by Gasteiger charge is -2.37. The molecule has 8 nitrogen and oxygen atoms in total. The van der Waals surface area contributed by atoms with Crippen molar-refractivity contribution in [1.82, 2.24) is 14.9 Å². The molecule has 1 aromatic carbocycles. The number of piperazine rings is 1. The van der Waals surface area contributed by atoms with Crippen LogP contribution in [0.4, 0.5) is 15.9 Å². The van der Waals surface area contributed by atoms with Crippen molar-refractivity contribution < 1.29 is 18.7 Å². The molecule has 34 heavy (non-hydrogen) atoms. The third-order valence-corrected chi connectivity index (χ3v) is 7.50. The van der Waals surface area contributed by atoms with Gasteiger partial charge < -0.3 is 24.2 Å². The smallest absolute Gasteiger partial charge is 0.233 e. The Kier molecular flexibility index (Phi) is 7.10. The van der Waals surface area contributed by atoms with Crippen LogP contribution in [-0.2, 0) is 14.3 Å². The largest absolute Gasteiger partial charge is 0.366 e. The van der Waals surface area contributed by atoms with E-state index >= 15 is 0 Å². The number of nitrogens with zero attached hydrogens (tertiary/aromatic N) is 5. The first-order valence-corrected chi connectivity index (χ1v) is 12.9. The molecule has 3 aliphatic heterocycles. The molecule has 3 fully saturated rings. The predicted octanol–water partition coefficient (Wildman–Crippen LogP) is 3.05. The quantitative estimate of drug-likeness (QED) is 0.347. The Morgan fingerprint density at radius 3 is 2.41 bits per heavy atom. The minimum absolute atomic E-state index is 0.0430. The number of amides is 1. The van der Waals surface area contributed by atoms with Crippen molar-refractivity contribution in [3.63, 3.8) is 0 Å². The van der Waals surface area contributed by atoms with E-state index in [4.69, 9.17) is 21.1 Å². The number of likely N-dealkylation sites (tertiary alicyclic amines) is 1. The van der Waals surface area contributed by atoms with Crippen molar-refractivity contribution in [3.05, 3.63) is 41.3 Å². The first kappa shape index (κ1) is 23.6. The Labute approximate surface area is 207 Å². The SMILES string of the molecule is O=C(CSc1nc(Cl)cc(N2CCN(c3ccccc3F)CC2)n1)N1CCC2(CC1)OCCO2. The highest BCUT2D eigenvalue weighted by molar-refractivity contribution is 7.99. The van der Waals surface area contributed by atoms with Crippen molar-refractivity contribution in [2.24, 2.45) is 0 Å². The molecule has 0 atom stereocenters. The molecule has 4 heterocycles. The first-order valence-electron chi connectivity index (χ1n) is 11.5. The highest BCUT2D eigenvalue weighted by Gasteiger charge is 2.40. The van der Waals surface area contributed by atoms with Crippen LogP contribution in [0.2, 0.25) is 5.15 Å². The van der Waals surface area contributed by atoms with Crippen molar-refractivity contribution in [2.75, 3.05) is 68.0 Å². The fourth-order valence-corrected chi connectivity index (χ4v) is 5.58. The number of rotatable bonds is 5. The van der Waals surface area contributed by atoms with Crippen LogP contribution in [0.15, 0.2) is 35.5 Å². The third kappa shape index (κ3) is 5.25. The number of hydrogen-bond donors (Lipinski definition) is 0. The number of aromatic nitrogens is 2. The molecule has 3 saturated heterocycles. The molecule has 1 amide bonds. The van der Waals surface area contributed by atoms with Crippen LogP contribution in [0.5, 0.6) is 0 Å². The van der Waals surface area contributed by atoms with Gasteiger partial charge in [-0.25, -0.2) is 14.4 Å². The Morgan fingerprint density at radius 2 is 1.71 bits per heavy atom. The molecule has 1 spiro atoms. The number of thioether (sulfide) groups is 1. The van der Waals surface area contributed by atoms with Gasteiger partial charge in [0, 0.05) is 58.2 Å². The Balaban J connectivity index is 1.15. The number of carbonyl (C=O) groups is 1. The second-order valence-corrected chi connectivity index (χ2v) is 9.86. The molecule has 2 aromatic rings. The molecular weight excluding hydrogens is 481 g/mol. The van der Waals surface area contributed by atoms with Gasteiger partial charge in [0.2, 0.25) is 5.91 Å². The fraction of sp³-hybridized carbons (Fsp3) is 0.522. The number of piperidine rings is 1. The fourth-order valence-electron chi connectivity index (χ4n) is 4.60. The van der Waals surface area contributed by atoms with Gasteiger partial charge in [-0.05, 0) is 12.1 Å². The van der Waals surface area contributed by atoms with Crippen molar-refractivity contribution in [2.45, 2.75) is 23.8 Å². The zero-order valence-electron chi connectivity index (χ0n) is 18.8. The molecule has 0 radical (unpaired) electrons. The van der Waals surface area contributed by atoms with Crippen LogP contribution >= 0.6 is 23.4 Å². The highest BCUT2D eigenvalue weighted by atomic mass is 35.5. The molecule has 1 aromatic heterocycles. The van der Waals surface area contributed by atoms with Gasteiger partial charge in [-0.1, -0.05) is 35.5 Å². The zero-order valence-corrected chi connectivity index (χ0v) is 20.4. The van der Waals surface area contributed by atoms with Crippen LogP contribution in [0.25, 0.3) is 0 Å². The lowest BCUT2D eigenvalue weighted by Crippen LogP contribution is -2.47. The van der Waals surface area contributed by atoms with Gasteiger partial charge in [0.15, 0.2) is 10.9 Å². The van der Waals surface area contributed by atoms with Crippen LogP contribution in [-0.4, -0.2) is 84.8 Å². The number of anilines is 2. The number of benzene rings is 1. The normalized spacial score (nSPS) is 20.2. The topological polar surface area (TPSA) is 71.0 Å². The lowest BCUT2D eigenvalue weighted by molar-refractivity contribution is -0.186. The maximum atomic E-state index is 14.1. The Bertz CT molecular complexity index is 1020. The first-order chi connectivity index (χ1) is 16.5. The predicted molar refractivity (Wildman–Crippen MR) is 129 cm³/mol. The molecule has 0 N–H and O–H groups in total. The minimum Gasteiger partial charge on any atom is -0.366 e. The van der Waals surface area contributed by atoms with Gasteiger partial charge in [-0.3, -0.25) is 4.79 Å². The molecule has 11 heteroatoms. The number of carbonyl (C=O) groups excluding carboxylic acids is 1. The summed E-state index contributed by atoms with van der Waals surface area (Å²) in [7, 11) is 0. The van der Waals surface area contributed by atoms with E-state index in [2.05, 4.69) is 14.9 Å². The molecule has 0 saturated carbocycles. The average molecular weight is 508 g/mol. The van der Waals surface area contributed by atoms with Crippen LogP contribution in [0.3, 0.4) is 0 Å². The van der Waals surface area contributed by atoms with E-state index < -0.39 is 5.79 Å². The lowest BCUT2D eigenvalue weighted by atomic mass is 10.0. The van der Waals surface area contributed by atoms with Crippen molar-refractivity contribution in [1.29, 1.82) is 0 Å². The van der Waals surface area contributed by atoms with Crippen LogP contribution < -0.4 is 9.80 Å². The van der Waals surface area contributed by atoms with E-state index in [1.807, 2.05) is 15.9 Å². The van der Waals surface area contributed by atoms with Crippen LogP contribution in [0, 0.1) is 5.82 Å². The van der Waals surface area contributed by atoms with E-state index in [-0.39, 0.29) is 17.5 Å². The second kappa shape index (κ2) is 10.2. The maximum Gasteiger partial charge on any atom is 0.233 e. The molecule has 0 bridgehead atoms. The van der Waals surface area contributed by atoms with E-state index in [9.17, 15) is 9.18 Å². The Hall–Kier alpha value is -2.14. The highest BCUT2D eigenvalue weighted by Crippen LogP contribution is 2.32. The minimum atomic E-state index is -0.495. The molecule has 3 aliphatic rings. The number of para-hydroxylation sites is 1. The van der Waals surface area contributed by atoms with Gasteiger partial charge in [0.25, 0.3) is 0 Å². The molecule has 0 aliphatic carbocycles. The number of hydrogen-bond acceptors (Lipinski definition) is 8. The third-order valence-electron chi connectivity index (χ3n) is 6.47. The van der Waals surface area contributed by atoms with E-state index in [0.29, 0.717) is 81.3 Å². The van der Waals surface area contributed by atoms with Gasteiger partial charge in [-0.15, -0.1) is 0 Å². The maximum absolute atomic E-state index is 14.1. The summed E-state index contributed by atoms with van der Waals surface area (Å²) in [6.45, 7) is 5.20. The zero-order chi connectivity index (χ0) is 23.5.